The Morgan fingerprint density at radius 2 is 2.06 bits per heavy atom. The van der Waals surface area contributed by atoms with Gasteiger partial charge in [0.15, 0.2) is 6.79 Å². The SMILES string of the molecule is CCCOc1ccc(CC(C)N)c(OCOC)c1. The molecule has 0 aliphatic rings. The normalized spacial score (nSPS) is 12.2. The van der Waals surface area contributed by atoms with Crippen molar-refractivity contribution in [1.82, 2.24) is 0 Å². The van der Waals surface area contributed by atoms with Crippen LogP contribution in [0.25, 0.3) is 0 Å². The quantitative estimate of drug-likeness (QED) is 0.723. The minimum absolute atomic E-state index is 0.0947. The van der Waals surface area contributed by atoms with Gasteiger partial charge in [0, 0.05) is 19.2 Å². The lowest BCUT2D eigenvalue weighted by atomic mass is 10.1. The van der Waals surface area contributed by atoms with Crippen molar-refractivity contribution in [3.8, 4) is 11.5 Å². The molecule has 0 saturated carbocycles. The molecule has 1 aromatic rings. The van der Waals surface area contributed by atoms with E-state index in [1.807, 2.05) is 25.1 Å². The van der Waals surface area contributed by atoms with Gasteiger partial charge in [-0.3, -0.25) is 0 Å². The van der Waals surface area contributed by atoms with Crippen molar-refractivity contribution in [2.75, 3.05) is 20.5 Å². The number of hydrogen-bond donors (Lipinski definition) is 1. The summed E-state index contributed by atoms with van der Waals surface area (Å²) < 4.78 is 16.1. The van der Waals surface area contributed by atoms with Crippen LogP contribution in [0.4, 0.5) is 0 Å². The Morgan fingerprint density at radius 3 is 2.67 bits per heavy atom. The molecule has 102 valence electrons. The van der Waals surface area contributed by atoms with Crippen LogP contribution in [0, 0.1) is 0 Å². The zero-order valence-corrected chi connectivity index (χ0v) is 11.4. The maximum Gasteiger partial charge on any atom is 0.188 e. The van der Waals surface area contributed by atoms with E-state index in [9.17, 15) is 0 Å². The molecule has 0 aliphatic heterocycles. The Balaban J connectivity index is 2.81. The Bertz CT molecular complexity index is 353. The third-order valence-electron chi connectivity index (χ3n) is 2.39. The van der Waals surface area contributed by atoms with Crippen molar-refractivity contribution in [1.29, 1.82) is 0 Å². The zero-order valence-electron chi connectivity index (χ0n) is 11.4. The number of benzene rings is 1. The highest BCUT2D eigenvalue weighted by atomic mass is 16.7. The van der Waals surface area contributed by atoms with Crippen LogP contribution in [0.2, 0.25) is 0 Å². The molecule has 0 fully saturated rings. The standard InChI is InChI=1S/C14H23NO3/c1-4-7-17-13-6-5-12(8-11(2)15)14(9-13)18-10-16-3/h5-6,9,11H,4,7-8,10,15H2,1-3H3. The van der Waals surface area contributed by atoms with Crippen molar-refractivity contribution in [2.45, 2.75) is 32.7 Å². The summed E-state index contributed by atoms with van der Waals surface area (Å²) in [5.41, 5.74) is 6.90. The van der Waals surface area contributed by atoms with E-state index in [-0.39, 0.29) is 12.8 Å². The topological polar surface area (TPSA) is 53.7 Å². The lowest BCUT2D eigenvalue weighted by molar-refractivity contribution is 0.0502. The fraction of sp³-hybridized carbons (Fsp3) is 0.571. The van der Waals surface area contributed by atoms with E-state index in [2.05, 4.69) is 6.92 Å². The average molecular weight is 253 g/mol. The molecule has 0 saturated heterocycles. The average Bonchev–Trinajstić information content (AvgIpc) is 2.35. The van der Waals surface area contributed by atoms with E-state index in [1.54, 1.807) is 7.11 Å². The summed E-state index contributed by atoms with van der Waals surface area (Å²) >= 11 is 0. The van der Waals surface area contributed by atoms with Gasteiger partial charge in [-0.05, 0) is 31.4 Å². The van der Waals surface area contributed by atoms with E-state index in [0.29, 0.717) is 6.61 Å². The molecule has 4 heteroatoms. The second-order valence-electron chi connectivity index (χ2n) is 4.35. The monoisotopic (exact) mass is 253 g/mol. The minimum Gasteiger partial charge on any atom is -0.493 e. The van der Waals surface area contributed by atoms with E-state index < -0.39 is 0 Å². The van der Waals surface area contributed by atoms with Crippen LogP contribution in [-0.4, -0.2) is 26.6 Å². The molecule has 0 aliphatic carbocycles. The molecule has 0 radical (unpaired) electrons. The second-order valence-corrected chi connectivity index (χ2v) is 4.35. The molecular formula is C14H23NO3. The predicted octanol–water partition coefficient (Wildman–Crippen LogP) is 2.35. The van der Waals surface area contributed by atoms with Gasteiger partial charge < -0.3 is 19.9 Å². The van der Waals surface area contributed by atoms with Crippen molar-refractivity contribution in [3.63, 3.8) is 0 Å². The summed E-state index contributed by atoms with van der Waals surface area (Å²) in [5.74, 6) is 1.60. The first kappa shape index (κ1) is 14.8. The van der Waals surface area contributed by atoms with E-state index >= 15 is 0 Å². The summed E-state index contributed by atoms with van der Waals surface area (Å²) in [5, 5.41) is 0. The van der Waals surface area contributed by atoms with Gasteiger partial charge in [-0.25, -0.2) is 0 Å². The molecule has 0 spiro atoms. The maximum atomic E-state index is 5.82. The minimum atomic E-state index is 0.0947. The molecule has 18 heavy (non-hydrogen) atoms. The zero-order chi connectivity index (χ0) is 13.4. The van der Waals surface area contributed by atoms with E-state index in [1.165, 1.54) is 0 Å². The first-order valence-corrected chi connectivity index (χ1v) is 6.30. The first-order chi connectivity index (χ1) is 8.67. The number of hydrogen-bond acceptors (Lipinski definition) is 4. The van der Waals surface area contributed by atoms with Crippen molar-refractivity contribution < 1.29 is 14.2 Å². The number of methoxy groups -OCH3 is 1. The highest BCUT2D eigenvalue weighted by Gasteiger charge is 2.08. The van der Waals surface area contributed by atoms with Crippen LogP contribution in [-0.2, 0) is 11.2 Å². The fourth-order valence-corrected chi connectivity index (χ4v) is 1.62. The number of nitrogens with two attached hydrogens (primary N) is 1. The van der Waals surface area contributed by atoms with Crippen molar-refractivity contribution >= 4 is 0 Å². The summed E-state index contributed by atoms with van der Waals surface area (Å²) in [6.45, 7) is 4.98. The number of rotatable bonds is 8. The summed E-state index contributed by atoms with van der Waals surface area (Å²) in [6, 6.07) is 5.94. The summed E-state index contributed by atoms with van der Waals surface area (Å²) in [7, 11) is 1.60. The Labute approximate surface area is 109 Å². The third kappa shape index (κ3) is 4.94. The summed E-state index contributed by atoms with van der Waals surface area (Å²) in [4.78, 5) is 0. The van der Waals surface area contributed by atoms with E-state index in [0.717, 1.165) is 29.9 Å². The van der Waals surface area contributed by atoms with Crippen molar-refractivity contribution in [2.24, 2.45) is 5.73 Å². The maximum absolute atomic E-state index is 5.82. The van der Waals surface area contributed by atoms with Crippen LogP contribution < -0.4 is 15.2 Å². The van der Waals surface area contributed by atoms with Crippen LogP contribution in [0.1, 0.15) is 25.8 Å². The van der Waals surface area contributed by atoms with Gasteiger partial charge in [-0.1, -0.05) is 13.0 Å². The predicted molar refractivity (Wildman–Crippen MR) is 72.1 cm³/mol. The van der Waals surface area contributed by atoms with Crippen LogP contribution in [0.5, 0.6) is 11.5 Å². The van der Waals surface area contributed by atoms with Gasteiger partial charge >= 0.3 is 0 Å². The molecule has 1 unspecified atom stereocenters. The van der Waals surface area contributed by atoms with Gasteiger partial charge in [-0.2, -0.15) is 0 Å². The second kappa shape index (κ2) is 7.95. The molecular weight excluding hydrogens is 230 g/mol. The molecule has 0 heterocycles. The van der Waals surface area contributed by atoms with E-state index in [4.69, 9.17) is 19.9 Å². The Morgan fingerprint density at radius 1 is 1.28 bits per heavy atom. The Kier molecular flexibility index (Phi) is 6.54. The molecule has 1 aromatic carbocycles. The van der Waals surface area contributed by atoms with Crippen LogP contribution in [0.15, 0.2) is 18.2 Å². The fourth-order valence-electron chi connectivity index (χ4n) is 1.62. The lowest BCUT2D eigenvalue weighted by Gasteiger charge is -2.14. The molecule has 2 N–H and O–H groups in total. The first-order valence-electron chi connectivity index (χ1n) is 6.30. The van der Waals surface area contributed by atoms with Gasteiger partial charge in [0.1, 0.15) is 11.5 Å². The van der Waals surface area contributed by atoms with Gasteiger partial charge in [-0.15, -0.1) is 0 Å². The molecule has 4 nitrogen and oxygen atoms in total. The van der Waals surface area contributed by atoms with Crippen LogP contribution >= 0.6 is 0 Å². The lowest BCUT2D eigenvalue weighted by Crippen LogP contribution is -2.18. The number of ether oxygens (including phenoxy) is 3. The third-order valence-corrected chi connectivity index (χ3v) is 2.39. The van der Waals surface area contributed by atoms with Gasteiger partial charge in [0.2, 0.25) is 0 Å². The highest BCUT2D eigenvalue weighted by molar-refractivity contribution is 5.41. The molecule has 0 aromatic heterocycles. The van der Waals surface area contributed by atoms with Gasteiger partial charge in [0.25, 0.3) is 0 Å². The smallest absolute Gasteiger partial charge is 0.188 e. The molecule has 0 bridgehead atoms. The molecule has 1 atom stereocenters. The largest absolute Gasteiger partial charge is 0.493 e. The highest BCUT2D eigenvalue weighted by Crippen LogP contribution is 2.26. The van der Waals surface area contributed by atoms with Crippen LogP contribution in [0.3, 0.4) is 0 Å². The molecule has 0 amide bonds. The van der Waals surface area contributed by atoms with Crippen molar-refractivity contribution in [3.05, 3.63) is 23.8 Å². The summed E-state index contributed by atoms with van der Waals surface area (Å²) in [6.07, 6.45) is 1.75. The Hall–Kier alpha value is -1.26. The molecule has 1 rings (SSSR count). The van der Waals surface area contributed by atoms with Gasteiger partial charge in [0.05, 0.1) is 6.61 Å².